The van der Waals surface area contributed by atoms with Gasteiger partial charge in [0.05, 0.1) is 4.47 Å². The lowest BCUT2D eigenvalue weighted by molar-refractivity contribution is 0.766. The molecule has 0 aromatic carbocycles. The van der Waals surface area contributed by atoms with Gasteiger partial charge in [-0.1, -0.05) is 6.92 Å². The van der Waals surface area contributed by atoms with Crippen molar-refractivity contribution in [3.63, 3.8) is 0 Å². The van der Waals surface area contributed by atoms with Gasteiger partial charge >= 0.3 is 0 Å². The van der Waals surface area contributed by atoms with Crippen molar-refractivity contribution in [1.29, 1.82) is 0 Å². The molecular weight excluding hydrogens is 288 g/mol. The van der Waals surface area contributed by atoms with Crippen molar-refractivity contribution in [1.82, 2.24) is 9.97 Å². The van der Waals surface area contributed by atoms with Crippen LogP contribution in [0.25, 0.3) is 0 Å². The summed E-state index contributed by atoms with van der Waals surface area (Å²) in [5.41, 5.74) is 0. The van der Waals surface area contributed by atoms with Crippen molar-refractivity contribution in [2.24, 2.45) is 0 Å². The van der Waals surface area contributed by atoms with Gasteiger partial charge in [-0.05, 0) is 15.9 Å². The molecule has 1 fully saturated rings. The van der Waals surface area contributed by atoms with E-state index in [1.165, 1.54) is 0 Å². The van der Waals surface area contributed by atoms with Crippen LogP contribution in [0, 0.1) is 0 Å². The highest BCUT2D eigenvalue weighted by Gasteiger charge is 2.20. The smallest absolute Gasteiger partial charge is 0.224 e. The van der Waals surface area contributed by atoms with E-state index < -0.39 is 0 Å². The molecule has 2 rings (SSSR count). The van der Waals surface area contributed by atoms with E-state index >= 15 is 0 Å². The van der Waals surface area contributed by atoms with Crippen molar-refractivity contribution < 1.29 is 0 Å². The zero-order valence-corrected chi connectivity index (χ0v) is 11.8. The van der Waals surface area contributed by atoms with Crippen molar-refractivity contribution in [2.75, 3.05) is 36.1 Å². The van der Waals surface area contributed by atoms with Crippen LogP contribution in [-0.2, 0) is 0 Å². The Morgan fingerprint density at radius 2 is 2.44 bits per heavy atom. The van der Waals surface area contributed by atoms with Crippen LogP contribution in [-0.4, -0.2) is 41.1 Å². The van der Waals surface area contributed by atoms with E-state index in [-0.39, 0.29) is 0 Å². The molecule has 1 unspecified atom stereocenters. The first kappa shape index (κ1) is 12.0. The van der Waals surface area contributed by atoms with Crippen LogP contribution >= 0.6 is 27.7 Å². The van der Waals surface area contributed by atoms with E-state index in [2.05, 4.69) is 43.0 Å². The van der Waals surface area contributed by atoms with Crippen molar-refractivity contribution >= 4 is 39.5 Å². The number of halogens is 1. The highest BCUT2D eigenvalue weighted by atomic mass is 79.9. The van der Waals surface area contributed by atoms with Gasteiger partial charge in [0.15, 0.2) is 0 Å². The molecule has 2 heterocycles. The van der Waals surface area contributed by atoms with Gasteiger partial charge in [-0.3, -0.25) is 0 Å². The van der Waals surface area contributed by atoms with E-state index in [0.717, 1.165) is 29.1 Å². The van der Waals surface area contributed by atoms with E-state index in [4.69, 9.17) is 0 Å². The van der Waals surface area contributed by atoms with Gasteiger partial charge in [-0.2, -0.15) is 16.7 Å². The second-order valence-electron chi connectivity index (χ2n) is 3.74. The molecule has 16 heavy (non-hydrogen) atoms. The first-order chi connectivity index (χ1) is 7.70. The zero-order chi connectivity index (χ0) is 11.5. The fourth-order valence-corrected chi connectivity index (χ4v) is 3.17. The second-order valence-corrected chi connectivity index (χ2v) is 6.14. The summed E-state index contributed by atoms with van der Waals surface area (Å²) in [6.45, 7) is 4.35. The minimum atomic E-state index is 0.661. The Hall–Kier alpha value is -0.490. The maximum Gasteiger partial charge on any atom is 0.224 e. The maximum atomic E-state index is 4.50. The number of hydrogen-bond donors (Lipinski definition) is 1. The van der Waals surface area contributed by atoms with E-state index in [0.29, 0.717) is 11.2 Å². The molecule has 1 atom stereocenters. The van der Waals surface area contributed by atoms with Crippen LogP contribution in [0.15, 0.2) is 10.7 Å². The first-order valence-corrected chi connectivity index (χ1v) is 7.11. The maximum absolute atomic E-state index is 4.50. The monoisotopic (exact) mass is 302 g/mol. The topological polar surface area (TPSA) is 41.1 Å². The Morgan fingerprint density at radius 1 is 1.62 bits per heavy atom. The van der Waals surface area contributed by atoms with Crippen LogP contribution < -0.4 is 10.2 Å². The average Bonchev–Trinajstić information content (AvgIpc) is 2.30. The van der Waals surface area contributed by atoms with Gasteiger partial charge in [0, 0.05) is 37.3 Å². The highest BCUT2D eigenvalue weighted by molar-refractivity contribution is 9.10. The Morgan fingerprint density at radius 3 is 3.12 bits per heavy atom. The Bertz CT molecular complexity index is 374. The van der Waals surface area contributed by atoms with Gasteiger partial charge in [0.2, 0.25) is 5.95 Å². The molecule has 1 aromatic heterocycles. The van der Waals surface area contributed by atoms with Crippen LogP contribution in [0.1, 0.15) is 6.92 Å². The van der Waals surface area contributed by atoms with Crippen LogP contribution in [0.2, 0.25) is 0 Å². The molecule has 1 saturated heterocycles. The molecule has 0 amide bonds. The summed E-state index contributed by atoms with van der Waals surface area (Å²) in [6.07, 6.45) is 1.81. The van der Waals surface area contributed by atoms with Gasteiger partial charge < -0.3 is 10.2 Å². The molecule has 1 N–H and O–H groups in total. The summed E-state index contributed by atoms with van der Waals surface area (Å²) in [7, 11) is 1.84. The molecule has 0 bridgehead atoms. The molecular formula is C10H15BrN4S. The molecule has 4 nitrogen and oxygen atoms in total. The number of rotatable bonds is 2. The second kappa shape index (κ2) is 5.23. The van der Waals surface area contributed by atoms with Crippen LogP contribution in [0.5, 0.6) is 0 Å². The summed E-state index contributed by atoms with van der Waals surface area (Å²) >= 11 is 5.53. The lowest BCUT2D eigenvalue weighted by Gasteiger charge is -2.32. The Balaban J connectivity index is 2.24. The third-order valence-corrected chi connectivity index (χ3v) is 4.19. The molecule has 1 aliphatic rings. The minimum Gasteiger partial charge on any atom is -0.357 e. The highest BCUT2D eigenvalue weighted by Crippen LogP contribution is 2.28. The minimum absolute atomic E-state index is 0.661. The van der Waals surface area contributed by atoms with Crippen LogP contribution in [0.3, 0.4) is 0 Å². The predicted octanol–water partition coefficient (Wildman–Crippen LogP) is 2.22. The number of thioether (sulfide) groups is 1. The summed E-state index contributed by atoms with van der Waals surface area (Å²) in [4.78, 5) is 11.0. The third-order valence-electron chi connectivity index (χ3n) is 2.49. The molecule has 6 heteroatoms. The SMILES string of the molecule is CNc1ncc(Br)c(N2CCSC(C)C2)n1. The zero-order valence-electron chi connectivity index (χ0n) is 9.40. The molecule has 0 aliphatic carbocycles. The summed E-state index contributed by atoms with van der Waals surface area (Å²) in [5, 5.41) is 3.63. The van der Waals surface area contributed by atoms with Gasteiger partial charge in [-0.25, -0.2) is 4.98 Å². The lowest BCUT2D eigenvalue weighted by Crippen LogP contribution is -2.37. The normalized spacial score (nSPS) is 20.9. The van der Waals surface area contributed by atoms with Crippen molar-refractivity contribution in [2.45, 2.75) is 12.2 Å². The molecule has 1 aromatic rings. The number of aromatic nitrogens is 2. The van der Waals surface area contributed by atoms with Crippen molar-refractivity contribution in [3.05, 3.63) is 10.7 Å². The van der Waals surface area contributed by atoms with Crippen molar-refractivity contribution in [3.8, 4) is 0 Å². The fourth-order valence-electron chi connectivity index (χ4n) is 1.71. The van der Waals surface area contributed by atoms with Gasteiger partial charge in [0.1, 0.15) is 5.82 Å². The summed E-state index contributed by atoms with van der Waals surface area (Å²) in [5.74, 6) is 2.82. The predicted molar refractivity (Wildman–Crippen MR) is 73.4 cm³/mol. The molecule has 0 spiro atoms. The quantitative estimate of drug-likeness (QED) is 0.907. The standard InChI is InChI=1S/C10H15BrN4S/c1-7-6-15(3-4-16-7)9-8(11)5-13-10(12-2)14-9/h5,7H,3-4,6H2,1-2H3,(H,12,13,14). The third kappa shape index (κ3) is 2.60. The van der Waals surface area contributed by atoms with E-state index in [1.54, 1.807) is 6.20 Å². The first-order valence-electron chi connectivity index (χ1n) is 5.27. The van der Waals surface area contributed by atoms with E-state index in [9.17, 15) is 0 Å². The number of nitrogens with one attached hydrogen (secondary N) is 1. The summed E-state index contributed by atoms with van der Waals surface area (Å²) < 4.78 is 0.964. The molecule has 88 valence electrons. The Kier molecular flexibility index (Phi) is 3.91. The molecule has 1 aliphatic heterocycles. The number of hydrogen-bond acceptors (Lipinski definition) is 5. The molecule has 0 radical (unpaired) electrons. The number of anilines is 2. The average molecular weight is 303 g/mol. The van der Waals surface area contributed by atoms with Gasteiger partial charge in [-0.15, -0.1) is 0 Å². The number of nitrogens with zero attached hydrogens (tertiary/aromatic N) is 3. The van der Waals surface area contributed by atoms with Crippen LogP contribution in [0.4, 0.5) is 11.8 Å². The molecule has 0 saturated carbocycles. The Labute approximate surface area is 108 Å². The largest absolute Gasteiger partial charge is 0.357 e. The summed E-state index contributed by atoms with van der Waals surface area (Å²) in [6, 6.07) is 0. The fraction of sp³-hybridized carbons (Fsp3) is 0.600. The van der Waals surface area contributed by atoms with Gasteiger partial charge in [0.25, 0.3) is 0 Å². The lowest BCUT2D eigenvalue weighted by atomic mass is 10.3. The van der Waals surface area contributed by atoms with E-state index in [1.807, 2.05) is 18.8 Å².